The Kier molecular flexibility index (Phi) is 5.07. The van der Waals surface area contributed by atoms with Gasteiger partial charge in [-0.05, 0) is 54.6 Å². The Morgan fingerprint density at radius 1 is 0.968 bits per heavy atom. The zero-order chi connectivity index (χ0) is 22.1. The SMILES string of the molecule is Cc1cc(=O)c(C(=O)Nc2ccc(F)c(-n3nnnc3C)c2)nn1-c1ccccc1F. The van der Waals surface area contributed by atoms with Gasteiger partial charge < -0.3 is 5.32 Å². The highest BCUT2D eigenvalue weighted by atomic mass is 19.1. The van der Waals surface area contributed by atoms with E-state index in [0.717, 1.165) is 6.07 Å². The summed E-state index contributed by atoms with van der Waals surface area (Å²) in [5.41, 5.74) is -0.437. The van der Waals surface area contributed by atoms with Crippen molar-refractivity contribution < 1.29 is 13.6 Å². The van der Waals surface area contributed by atoms with E-state index < -0.39 is 28.7 Å². The second kappa shape index (κ2) is 7.86. The minimum atomic E-state index is -0.832. The van der Waals surface area contributed by atoms with Gasteiger partial charge in [0.1, 0.15) is 23.0 Å². The largest absolute Gasteiger partial charge is 0.320 e. The van der Waals surface area contributed by atoms with Gasteiger partial charge in [0.05, 0.1) is 0 Å². The van der Waals surface area contributed by atoms with Gasteiger partial charge in [0.15, 0.2) is 11.5 Å². The lowest BCUT2D eigenvalue weighted by molar-refractivity contribution is 0.101. The third-order valence-electron chi connectivity index (χ3n) is 4.46. The molecule has 156 valence electrons. The Balaban J connectivity index is 1.70. The molecule has 4 aromatic rings. The maximum Gasteiger partial charge on any atom is 0.280 e. The molecule has 0 spiro atoms. The number of nitrogens with zero attached hydrogens (tertiary/aromatic N) is 6. The van der Waals surface area contributed by atoms with Crippen LogP contribution in [0.15, 0.2) is 53.3 Å². The molecule has 4 rings (SSSR count). The third kappa shape index (κ3) is 3.80. The molecule has 0 aliphatic heterocycles. The fourth-order valence-corrected chi connectivity index (χ4v) is 2.97. The molecule has 2 aromatic heterocycles. The Bertz CT molecular complexity index is 1360. The van der Waals surface area contributed by atoms with Gasteiger partial charge in [-0.1, -0.05) is 12.1 Å². The van der Waals surface area contributed by atoms with Crippen LogP contribution in [-0.2, 0) is 0 Å². The number of anilines is 1. The molecule has 0 unspecified atom stereocenters. The molecule has 1 N–H and O–H groups in total. The molecule has 2 heterocycles. The van der Waals surface area contributed by atoms with Crippen molar-refractivity contribution >= 4 is 11.6 Å². The normalized spacial score (nSPS) is 10.8. The molecule has 11 heteroatoms. The summed E-state index contributed by atoms with van der Waals surface area (Å²) in [5, 5.41) is 17.4. The number of para-hydroxylation sites is 1. The molecule has 9 nitrogen and oxygen atoms in total. The smallest absolute Gasteiger partial charge is 0.280 e. The average molecular weight is 423 g/mol. The molecule has 0 bridgehead atoms. The van der Waals surface area contributed by atoms with Gasteiger partial charge in [-0.3, -0.25) is 9.59 Å². The van der Waals surface area contributed by atoms with E-state index in [4.69, 9.17) is 0 Å². The van der Waals surface area contributed by atoms with E-state index in [0.29, 0.717) is 11.5 Å². The standard InChI is InChI=1S/C20H15F2N7O2/c1-11-9-18(30)19(25-28(11)16-6-4-3-5-14(16)21)20(31)23-13-7-8-15(22)17(10-13)29-12(2)24-26-27-29/h3-10H,1-2H3,(H,23,31). The molecule has 0 aliphatic rings. The van der Waals surface area contributed by atoms with Gasteiger partial charge in [-0.25, -0.2) is 13.5 Å². The van der Waals surface area contributed by atoms with Gasteiger partial charge in [0, 0.05) is 17.4 Å². The van der Waals surface area contributed by atoms with Crippen LogP contribution in [0.25, 0.3) is 11.4 Å². The van der Waals surface area contributed by atoms with Crippen LogP contribution in [0.1, 0.15) is 22.0 Å². The Morgan fingerprint density at radius 2 is 1.71 bits per heavy atom. The topological polar surface area (TPSA) is 108 Å². The molecule has 0 atom stereocenters. The Hall–Kier alpha value is -4.28. The lowest BCUT2D eigenvalue weighted by atomic mass is 10.2. The second-order valence-electron chi connectivity index (χ2n) is 6.62. The number of amides is 1. The molecular formula is C20H15F2N7O2. The number of aromatic nitrogens is 6. The minimum Gasteiger partial charge on any atom is -0.320 e. The fraction of sp³-hybridized carbons (Fsp3) is 0.100. The lowest BCUT2D eigenvalue weighted by Crippen LogP contribution is -2.27. The number of nitrogens with one attached hydrogen (secondary N) is 1. The fourth-order valence-electron chi connectivity index (χ4n) is 2.97. The molecule has 31 heavy (non-hydrogen) atoms. The van der Waals surface area contributed by atoms with Crippen LogP contribution in [0.2, 0.25) is 0 Å². The van der Waals surface area contributed by atoms with Crippen molar-refractivity contribution in [1.29, 1.82) is 0 Å². The summed E-state index contributed by atoms with van der Waals surface area (Å²) in [6.07, 6.45) is 0. The summed E-state index contributed by atoms with van der Waals surface area (Å²) < 4.78 is 30.8. The molecule has 1 amide bonds. The van der Waals surface area contributed by atoms with E-state index in [-0.39, 0.29) is 17.1 Å². The molecule has 0 aliphatic carbocycles. The molecule has 0 fully saturated rings. The van der Waals surface area contributed by atoms with Crippen LogP contribution in [0.4, 0.5) is 14.5 Å². The maximum absolute atomic E-state index is 14.2. The Labute approximate surface area is 174 Å². The van der Waals surface area contributed by atoms with Crippen molar-refractivity contribution in [2.45, 2.75) is 13.8 Å². The van der Waals surface area contributed by atoms with Gasteiger partial charge >= 0.3 is 0 Å². The van der Waals surface area contributed by atoms with Crippen molar-refractivity contribution in [2.24, 2.45) is 0 Å². The first-order chi connectivity index (χ1) is 14.8. The zero-order valence-electron chi connectivity index (χ0n) is 16.4. The van der Waals surface area contributed by atoms with Crippen molar-refractivity contribution in [2.75, 3.05) is 5.32 Å². The zero-order valence-corrected chi connectivity index (χ0v) is 16.4. The van der Waals surface area contributed by atoms with Crippen LogP contribution >= 0.6 is 0 Å². The van der Waals surface area contributed by atoms with E-state index in [2.05, 4.69) is 25.9 Å². The highest BCUT2D eigenvalue weighted by molar-refractivity contribution is 6.02. The van der Waals surface area contributed by atoms with Crippen LogP contribution in [0.5, 0.6) is 0 Å². The predicted molar refractivity (Wildman–Crippen MR) is 106 cm³/mol. The molecule has 0 saturated heterocycles. The lowest BCUT2D eigenvalue weighted by Gasteiger charge is -2.12. The Morgan fingerprint density at radius 3 is 2.42 bits per heavy atom. The molecular weight excluding hydrogens is 408 g/mol. The van der Waals surface area contributed by atoms with Gasteiger partial charge in [-0.15, -0.1) is 5.10 Å². The number of hydrogen-bond acceptors (Lipinski definition) is 6. The second-order valence-corrected chi connectivity index (χ2v) is 6.62. The van der Waals surface area contributed by atoms with Gasteiger partial charge in [-0.2, -0.15) is 9.78 Å². The van der Waals surface area contributed by atoms with Gasteiger partial charge in [0.25, 0.3) is 5.91 Å². The van der Waals surface area contributed by atoms with Crippen molar-refractivity contribution in [3.63, 3.8) is 0 Å². The highest BCUT2D eigenvalue weighted by Crippen LogP contribution is 2.19. The van der Waals surface area contributed by atoms with Crippen LogP contribution < -0.4 is 10.7 Å². The van der Waals surface area contributed by atoms with Crippen molar-refractivity contribution in [3.05, 3.63) is 87.6 Å². The van der Waals surface area contributed by atoms with E-state index in [9.17, 15) is 18.4 Å². The number of halogens is 2. The number of rotatable bonds is 4. The van der Waals surface area contributed by atoms with E-state index in [1.54, 1.807) is 19.9 Å². The summed E-state index contributed by atoms with van der Waals surface area (Å²) in [5.74, 6) is -1.66. The number of benzene rings is 2. The predicted octanol–water partition coefficient (Wildman–Crippen LogP) is 2.36. The number of hydrogen-bond donors (Lipinski definition) is 1. The first-order valence-electron chi connectivity index (χ1n) is 9.07. The van der Waals surface area contributed by atoms with Crippen molar-refractivity contribution in [3.8, 4) is 11.4 Å². The van der Waals surface area contributed by atoms with Crippen LogP contribution in [0.3, 0.4) is 0 Å². The van der Waals surface area contributed by atoms with Gasteiger partial charge in [0.2, 0.25) is 5.43 Å². The summed E-state index contributed by atoms with van der Waals surface area (Å²) in [6, 6.07) is 10.8. The van der Waals surface area contributed by atoms with E-state index in [1.807, 2.05) is 0 Å². The number of tetrazole rings is 1. The first kappa shape index (κ1) is 20.0. The van der Waals surface area contributed by atoms with Crippen LogP contribution in [-0.4, -0.2) is 35.9 Å². The number of carbonyl (C=O) groups excluding carboxylic acids is 1. The maximum atomic E-state index is 14.2. The number of aryl methyl sites for hydroxylation is 2. The van der Waals surface area contributed by atoms with Crippen molar-refractivity contribution in [1.82, 2.24) is 30.0 Å². The summed E-state index contributed by atoms with van der Waals surface area (Å²) in [6.45, 7) is 3.16. The molecule has 2 aromatic carbocycles. The monoisotopic (exact) mass is 423 g/mol. The first-order valence-corrected chi connectivity index (χ1v) is 9.07. The average Bonchev–Trinajstić information content (AvgIpc) is 3.16. The quantitative estimate of drug-likeness (QED) is 0.540. The molecule has 0 radical (unpaired) electrons. The highest BCUT2D eigenvalue weighted by Gasteiger charge is 2.18. The van der Waals surface area contributed by atoms with E-state index >= 15 is 0 Å². The van der Waals surface area contributed by atoms with Crippen LogP contribution in [0, 0.1) is 25.5 Å². The minimum absolute atomic E-state index is 0.0148. The molecule has 0 saturated carbocycles. The third-order valence-corrected chi connectivity index (χ3v) is 4.46. The summed E-state index contributed by atoms with van der Waals surface area (Å²) in [4.78, 5) is 25.1. The summed E-state index contributed by atoms with van der Waals surface area (Å²) >= 11 is 0. The summed E-state index contributed by atoms with van der Waals surface area (Å²) in [7, 11) is 0. The number of carbonyl (C=O) groups is 1. The van der Waals surface area contributed by atoms with E-state index in [1.165, 1.54) is 45.8 Å².